The second-order valence-corrected chi connectivity index (χ2v) is 4.59. The summed E-state index contributed by atoms with van der Waals surface area (Å²) in [6.45, 7) is 1.94. The van der Waals surface area contributed by atoms with Crippen LogP contribution in [0.1, 0.15) is 22.7 Å². The van der Waals surface area contributed by atoms with Crippen LogP contribution < -0.4 is 5.73 Å². The van der Waals surface area contributed by atoms with Crippen molar-refractivity contribution in [2.24, 2.45) is 5.73 Å². The molecular weight excluding hydrogens is 251 g/mol. The first-order valence-electron chi connectivity index (χ1n) is 5.93. The van der Waals surface area contributed by atoms with Crippen LogP contribution in [0, 0.1) is 24.4 Å². The number of benzene rings is 2. The van der Waals surface area contributed by atoms with Gasteiger partial charge in [0.2, 0.25) is 0 Å². The van der Waals surface area contributed by atoms with Gasteiger partial charge in [-0.25, -0.2) is 13.2 Å². The van der Waals surface area contributed by atoms with Crippen molar-refractivity contribution in [1.82, 2.24) is 0 Å². The Morgan fingerprint density at radius 2 is 1.68 bits per heavy atom. The van der Waals surface area contributed by atoms with Gasteiger partial charge in [-0.05, 0) is 25.0 Å². The van der Waals surface area contributed by atoms with Crippen LogP contribution in [-0.2, 0) is 6.42 Å². The Labute approximate surface area is 109 Å². The molecule has 0 radical (unpaired) electrons. The first kappa shape index (κ1) is 13.6. The predicted molar refractivity (Wildman–Crippen MR) is 68.1 cm³/mol. The summed E-state index contributed by atoms with van der Waals surface area (Å²) in [6.07, 6.45) is 0.365. The van der Waals surface area contributed by atoms with Crippen LogP contribution in [-0.4, -0.2) is 0 Å². The number of hydrogen-bond acceptors (Lipinski definition) is 1. The van der Waals surface area contributed by atoms with Crippen molar-refractivity contribution in [3.63, 3.8) is 0 Å². The molecule has 100 valence electrons. The third kappa shape index (κ3) is 3.15. The zero-order valence-electron chi connectivity index (χ0n) is 10.5. The molecule has 0 saturated carbocycles. The molecule has 0 saturated heterocycles. The van der Waals surface area contributed by atoms with E-state index in [0.29, 0.717) is 12.5 Å². The SMILES string of the molecule is Cc1cccc(CC(N)c2cc(F)c(F)cc2F)c1. The fourth-order valence-electron chi connectivity index (χ4n) is 2.03. The average Bonchev–Trinajstić information content (AvgIpc) is 2.33. The third-order valence-corrected chi connectivity index (χ3v) is 2.98. The van der Waals surface area contributed by atoms with E-state index in [1.165, 1.54) is 0 Å². The Kier molecular flexibility index (Phi) is 3.90. The molecule has 1 nitrogen and oxygen atoms in total. The van der Waals surface area contributed by atoms with E-state index in [9.17, 15) is 13.2 Å². The summed E-state index contributed by atoms with van der Waals surface area (Å²) in [6, 6.07) is 8.25. The highest BCUT2D eigenvalue weighted by Gasteiger charge is 2.16. The van der Waals surface area contributed by atoms with E-state index >= 15 is 0 Å². The maximum absolute atomic E-state index is 13.6. The van der Waals surface area contributed by atoms with E-state index in [1.54, 1.807) is 0 Å². The monoisotopic (exact) mass is 265 g/mol. The Balaban J connectivity index is 2.25. The van der Waals surface area contributed by atoms with Crippen LogP contribution in [0.4, 0.5) is 13.2 Å². The molecule has 0 amide bonds. The van der Waals surface area contributed by atoms with Gasteiger partial charge in [0.1, 0.15) is 5.82 Å². The maximum Gasteiger partial charge on any atom is 0.161 e. The fourth-order valence-corrected chi connectivity index (χ4v) is 2.03. The lowest BCUT2D eigenvalue weighted by Gasteiger charge is -2.14. The highest BCUT2D eigenvalue weighted by atomic mass is 19.2. The zero-order chi connectivity index (χ0) is 14.0. The van der Waals surface area contributed by atoms with Crippen molar-refractivity contribution in [3.8, 4) is 0 Å². The van der Waals surface area contributed by atoms with Gasteiger partial charge < -0.3 is 5.73 Å². The molecule has 0 aliphatic carbocycles. The van der Waals surface area contributed by atoms with Crippen LogP contribution >= 0.6 is 0 Å². The van der Waals surface area contributed by atoms with Crippen LogP contribution in [0.2, 0.25) is 0 Å². The van der Waals surface area contributed by atoms with Gasteiger partial charge in [-0.15, -0.1) is 0 Å². The molecule has 2 rings (SSSR count). The largest absolute Gasteiger partial charge is 0.324 e. The molecular formula is C15H14F3N. The predicted octanol–water partition coefficient (Wildman–Crippen LogP) is 3.65. The second-order valence-electron chi connectivity index (χ2n) is 4.59. The number of rotatable bonds is 3. The normalized spacial score (nSPS) is 12.5. The Morgan fingerprint density at radius 3 is 2.37 bits per heavy atom. The molecule has 0 aromatic heterocycles. The summed E-state index contributed by atoms with van der Waals surface area (Å²) in [5.41, 5.74) is 7.85. The van der Waals surface area contributed by atoms with Crippen LogP contribution in [0.3, 0.4) is 0 Å². The first-order chi connectivity index (χ1) is 8.97. The molecule has 0 spiro atoms. The van der Waals surface area contributed by atoms with Gasteiger partial charge in [0.05, 0.1) is 0 Å². The van der Waals surface area contributed by atoms with Gasteiger partial charge in [0.25, 0.3) is 0 Å². The quantitative estimate of drug-likeness (QED) is 0.842. The van der Waals surface area contributed by atoms with Crippen molar-refractivity contribution in [2.75, 3.05) is 0 Å². The molecule has 1 unspecified atom stereocenters. The van der Waals surface area contributed by atoms with Crippen molar-refractivity contribution < 1.29 is 13.2 Å². The van der Waals surface area contributed by atoms with Crippen molar-refractivity contribution in [2.45, 2.75) is 19.4 Å². The Bertz CT molecular complexity index is 596. The fraction of sp³-hybridized carbons (Fsp3) is 0.200. The average molecular weight is 265 g/mol. The number of hydrogen-bond donors (Lipinski definition) is 1. The Morgan fingerprint density at radius 1 is 1.00 bits per heavy atom. The second kappa shape index (κ2) is 5.45. The summed E-state index contributed by atoms with van der Waals surface area (Å²) >= 11 is 0. The number of aryl methyl sites for hydroxylation is 1. The minimum atomic E-state index is -1.20. The molecule has 0 bridgehead atoms. The molecule has 2 N–H and O–H groups in total. The molecule has 0 heterocycles. The van der Waals surface area contributed by atoms with Gasteiger partial charge in [-0.2, -0.15) is 0 Å². The van der Waals surface area contributed by atoms with Crippen LogP contribution in [0.25, 0.3) is 0 Å². The zero-order valence-corrected chi connectivity index (χ0v) is 10.5. The van der Waals surface area contributed by atoms with E-state index in [0.717, 1.165) is 17.2 Å². The minimum absolute atomic E-state index is 0.0135. The van der Waals surface area contributed by atoms with E-state index in [-0.39, 0.29) is 5.56 Å². The van der Waals surface area contributed by atoms with Crippen LogP contribution in [0.15, 0.2) is 36.4 Å². The summed E-state index contributed by atoms with van der Waals surface area (Å²) < 4.78 is 39.5. The summed E-state index contributed by atoms with van der Waals surface area (Å²) in [5.74, 6) is -3.11. The van der Waals surface area contributed by atoms with E-state index in [1.807, 2.05) is 31.2 Å². The van der Waals surface area contributed by atoms with Gasteiger partial charge in [-0.1, -0.05) is 29.8 Å². The van der Waals surface area contributed by atoms with Gasteiger partial charge in [-0.3, -0.25) is 0 Å². The van der Waals surface area contributed by atoms with E-state index in [2.05, 4.69) is 0 Å². The topological polar surface area (TPSA) is 26.0 Å². The summed E-state index contributed by atoms with van der Waals surface area (Å²) in [4.78, 5) is 0. The van der Waals surface area contributed by atoms with Crippen LogP contribution in [0.5, 0.6) is 0 Å². The molecule has 19 heavy (non-hydrogen) atoms. The minimum Gasteiger partial charge on any atom is -0.324 e. The van der Waals surface area contributed by atoms with E-state index in [4.69, 9.17) is 5.73 Å². The lowest BCUT2D eigenvalue weighted by atomic mass is 9.98. The molecule has 4 heteroatoms. The molecule has 0 aliphatic rings. The van der Waals surface area contributed by atoms with Crippen molar-refractivity contribution >= 4 is 0 Å². The first-order valence-corrected chi connectivity index (χ1v) is 5.93. The smallest absolute Gasteiger partial charge is 0.161 e. The van der Waals surface area contributed by atoms with E-state index < -0.39 is 23.5 Å². The number of halogens is 3. The lowest BCUT2D eigenvalue weighted by Crippen LogP contribution is -2.16. The maximum atomic E-state index is 13.6. The number of nitrogens with two attached hydrogens (primary N) is 1. The summed E-state index contributed by atoms with van der Waals surface area (Å²) in [7, 11) is 0. The standard InChI is InChI=1S/C15H14F3N/c1-9-3-2-4-10(5-9)6-15(19)11-7-13(17)14(18)8-12(11)16/h2-5,7-8,15H,6,19H2,1H3. The van der Waals surface area contributed by atoms with Gasteiger partial charge >= 0.3 is 0 Å². The third-order valence-electron chi connectivity index (χ3n) is 2.98. The Hall–Kier alpha value is -1.81. The molecule has 1 atom stereocenters. The molecule has 2 aromatic rings. The lowest BCUT2D eigenvalue weighted by molar-refractivity contribution is 0.484. The molecule has 2 aromatic carbocycles. The molecule has 0 fully saturated rings. The van der Waals surface area contributed by atoms with Gasteiger partial charge in [0.15, 0.2) is 11.6 Å². The molecule has 0 aliphatic heterocycles. The highest BCUT2D eigenvalue weighted by molar-refractivity contribution is 5.28. The summed E-state index contributed by atoms with van der Waals surface area (Å²) in [5, 5.41) is 0. The van der Waals surface area contributed by atoms with Crippen molar-refractivity contribution in [1.29, 1.82) is 0 Å². The highest BCUT2D eigenvalue weighted by Crippen LogP contribution is 2.22. The van der Waals surface area contributed by atoms with Gasteiger partial charge in [0, 0.05) is 17.7 Å². The van der Waals surface area contributed by atoms with Crippen molar-refractivity contribution in [3.05, 3.63) is 70.5 Å².